The zero-order valence-corrected chi connectivity index (χ0v) is 53.7. The van der Waals surface area contributed by atoms with Gasteiger partial charge in [-0.1, -0.05) is 322 Å². The molecular weight excluding hydrogens is 1050 g/mol. The van der Waals surface area contributed by atoms with Gasteiger partial charge in [-0.25, -0.2) is 0 Å². The van der Waals surface area contributed by atoms with E-state index in [2.05, 4.69) is 19.2 Å². The fourth-order valence-corrected chi connectivity index (χ4v) is 12.4. The largest absolute Gasteiger partial charge is 0.394 e. The Morgan fingerprint density at radius 2 is 0.687 bits per heavy atom. The molecule has 2 rings (SSSR count). The van der Waals surface area contributed by atoms with Gasteiger partial charge in [0, 0.05) is 6.42 Å². The van der Waals surface area contributed by atoms with Gasteiger partial charge in [-0.2, -0.15) is 0 Å². The first-order valence-corrected chi connectivity index (χ1v) is 35.8. The van der Waals surface area contributed by atoms with Gasteiger partial charge in [0.1, 0.15) is 48.8 Å². The van der Waals surface area contributed by atoms with E-state index in [1.165, 1.54) is 263 Å². The summed E-state index contributed by atoms with van der Waals surface area (Å²) in [5.74, 6) is -0.198. The smallest absolute Gasteiger partial charge is 0.220 e. The zero-order valence-electron chi connectivity index (χ0n) is 53.7. The lowest BCUT2D eigenvalue weighted by Gasteiger charge is -2.46. The van der Waals surface area contributed by atoms with Crippen LogP contribution in [0, 0.1) is 0 Å². The van der Waals surface area contributed by atoms with Crippen LogP contribution in [0.15, 0.2) is 0 Å². The number of aliphatic hydroxyl groups is 8. The molecule has 2 fully saturated rings. The number of hydrogen-bond donors (Lipinski definition) is 9. The molecule has 2 aliphatic rings. The second-order valence-corrected chi connectivity index (χ2v) is 25.7. The standard InChI is InChI=1S/C69H135NO13/c1-3-5-7-9-11-13-15-17-19-21-22-23-24-25-26-27-28-29-30-31-32-33-34-35-37-38-40-42-44-46-48-50-52-58(73)57(70-61(74)53-51-49-47-45-43-41-39-36-20-18-16-14-12-10-8-6-4-2)56-80-68-66(79)64(77)67(60(55-72)82-68)83-69-65(78)63(76)62(75)59(54-71)81-69/h57-60,62-69,71-73,75-79H,3-56H2,1-2H3,(H,70,74). The molecule has 0 aromatic carbocycles. The van der Waals surface area contributed by atoms with Gasteiger partial charge in [0.05, 0.1) is 32.0 Å². The molecule has 2 heterocycles. The van der Waals surface area contributed by atoms with Crippen molar-refractivity contribution >= 4 is 5.91 Å². The first-order valence-electron chi connectivity index (χ1n) is 35.8. The van der Waals surface area contributed by atoms with E-state index in [1.54, 1.807) is 0 Å². The Morgan fingerprint density at radius 3 is 1.02 bits per heavy atom. The number of rotatable bonds is 60. The predicted octanol–water partition coefficient (Wildman–Crippen LogP) is 14.4. The molecule has 12 atom stereocenters. The molecule has 83 heavy (non-hydrogen) atoms. The second-order valence-electron chi connectivity index (χ2n) is 25.7. The van der Waals surface area contributed by atoms with Crippen LogP contribution in [-0.2, 0) is 23.7 Å². The molecule has 9 N–H and O–H groups in total. The third-order valence-electron chi connectivity index (χ3n) is 18.1. The molecule has 0 spiro atoms. The first kappa shape index (κ1) is 78.1. The summed E-state index contributed by atoms with van der Waals surface area (Å²) in [6.07, 6.45) is 48.5. The summed E-state index contributed by atoms with van der Waals surface area (Å²) in [6, 6.07) is -0.824. The average molecular weight is 1190 g/mol. The molecular formula is C69H135NO13. The number of aliphatic hydroxyl groups excluding tert-OH is 8. The van der Waals surface area contributed by atoms with Gasteiger partial charge in [0.15, 0.2) is 12.6 Å². The monoisotopic (exact) mass is 1190 g/mol. The molecule has 2 aliphatic heterocycles. The maximum atomic E-state index is 13.3. The molecule has 0 saturated carbocycles. The first-order chi connectivity index (χ1) is 40.6. The van der Waals surface area contributed by atoms with Crippen LogP contribution in [0.5, 0.6) is 0 Å². The number of hydrogen-bond acceptors (Lipinski definition) is 13. The molecule has 0 aliphatic carbocycles. The third-order valence-corrected chi connectivity index (χ3v) is 18.1. The van der Waals surface area contributed by atoms with Crippen molar-refractivity contribution in [3.05, 3.63) is 0 Å². The van der Waals surface area contributed by atoms with E-state index >= 15 is 0 Å². The van der Waals surface area contributed by atoms with Crippen LogP contribution in [0.3, 0.4) is 0 Å². The van der Waals surface area contributed by atoms with E-state index in [4.69, 9.17) is 18.9 Å². The number of unbranched alkanes of at least 4 members (excludes halogenated alkanes) is 47. The third kappa shape index (κ3) is 39.6. The molecule has 14 heteroatoms. The van der Waals surface area contributed by atoms with Gasteiger partial charge in [-0.15, -0.1) is 0 Å². The van der Waals surface area contributed by atoms with Gasteiger partial charge in [0.2, 0.25) is 5.91 Å². The molecule has 494 valence electrons. The molecule has 0 bridgehead atoms. The van der Waals surface area contributed by atoms with Gasteiger partial charge in [-0.05, 0) is 12.8 Å². The van der Waals surface area contributed by atoms with Gasteiger partial charge in [0.25, 0.3) is 0 Å². The van der Waals surface area contributed by atoms with Crippen LogP contribution >= 0.6 is 0 Å². The van der Waals surface area contributed by atoms with Crippen LogP contribution in [0.25, 0.3) is 0 Å². The van der Waals surface area contributed by atoms with Crippen molar-refractivity contribution in [2.24, 2.45) is 0 Å². The Hall–Kier alpha value is -1.01. The number of amides is 1. The van der Waals surface area contributed by atoms with Crippen LogP contribution in [0.1, 0.15) is 341 Å². The maximum absolute atomic E-state index is 13.3. The molecule has 1 amide bonds. The molecule has 2 saturated heterocycles. The normalized spacial score (nSPS) is 23.7. The lowest BCUT2D eigenvalue weighted by Crippen LogP contribution is -2.65. The highest BCUT2D eigenvalue weighted by molar-refractivity contribution is 5.76. The summed E-state index contributed by atoms with van der Waals surface area (Å²) in [5.41, 5.74) is 0. The minimum atomic E-state index is -1.78. The van der Waals surface area contributed by atoms with Gasteiger partial charge < -0.3 is 65.1 Å². The van der Waals surface area contributed by atoms with E-state index in [0.717, 1.165) is 51.4 Å². The second kappa shape index (κ2) is 55.1. The van der Waals surface area contributed by atoms with Crippen LogP contribution in [0.2, 0.25) is 0 Å². The summed E-state index contributed by atoms with van der Waals surface area (Å²) in [7, 11) is 0. The minimum absolute atomic E-state index is 0.198. The summed E-state index contributed by atoms with van der Waals surface area (Å²) >= 11 is 0. The molecule has 12 unspecified atom stereocenters. The van der Waals surface area contributed by atoms with E-state index in [0.29, 0.717) is 12.8 Å². The topological polar surface area (TPSA) is 228 Å². The summed E-state index contributed by atoms with van der Waals surface area (Å²) in [6.45, 7) is 2.92. The van der Waals surface area contributed by atoms with Crippen molar-refractivity contribution in [1.82, 2.24) is 5.32 Å². The number of carbonyl (C=O) groups excluding carboxylic acids is 1. The van der Waals surface area contributed by atoms with Crippen molar-refractivity contribution in [2.45, 2.75) is 415 Å². The predicted molar refractivity (Wildman–Crippen MR) is 337 cm³/mol. The SMILES string of the molecule is CCCCCCCCCCCCCCCCCCCCCCCCCCCCCCCCCCC(O)C(COC1OC(CO)C(OC2OC(CO)C(O)C(O)C2O)C(O)C1O)NC(=O)CCCCCCCCCCCCCCCCCCC. The Kier molecular flexibility index (Phi) is 51.8. The summed E-state index contributed by atoms with van der Waals surface area (Å²) in [4.78, 5) is 13.3. The fraction of sp³-hybridized carbons (Fsp3) is 0.986. The van der Waals surface area contributed by atoms with Crippen molar-refractivity contribution < 1.29 is 64.6 Å². The number of carbonyl (C=O) groups is 1. The Labute approximate surface area is 508 Å². The van der Waals surface area contributed by atoms with Crippen molar-refractivity contribution in [1.29, 1.82) is 0 Å². The molecule has 0 aromatic heterocycles. The number of ether oxygens (including phenoxy) is 4. The van der Waals surface area contributed by atoms with Crippen molar-refractivity contribution in [3.63, 3.8) is 0 Å². The van der Waals surface area contributed by atoms with Crippen LogP contribution < -0.4 is 5.32 Å². The van der Waals surface area contributed by atoms with Gasteiger partial charge >= 0.3 is 0 Å². The molecule has 0 aromatic rings. The Bertz CT molecular complexity index is 1400. The lowest BCUT2D eigenvalue weighted by atomic mass is 9.97. The van der Waals surface area contributed by atoms with Crippen LogP contribution in [-0.4, -0.2) is 140 Å². The summed E-state index contributed by atoms with van der Waals surface area (Å²) < 4.78 is 22.9. The van der Waals surface area contributed by atoms with E-state index in [-0.39, 0.29) is 12.5 Å². The fourth-order valence-electron chi connectivity index (χ4n) is 12.4. The highest BCUT2D eigenvalue weighted by atomic mass is 16.7. The highest BCUT2D eigenvalue weighted by Gasteiger charge is 2.51. The maximum Gasteiger partial charge on any atom is 0.220 e. The Balaban J connectivity index is 1.62. The Morgan fingerprint density at radius 1 is 0.386 bits per heavy atom. The summed E-state index contributed by atoms with van der Waals surface area (Å²) in [5, 5.41) is 87.6. The quantitative estimate of drug-likeness (QED) is 0.0259. The van der Waals surface area contributed by atoms with E-state index in [1.807, 2.05) is 0 Å². The van der Waals surface area contributed by atoms with Crippen LogP contribution in [0.4, 0.5) is 0 Å². The number of nitrogens with one attached hydrogen (secondary N) is 1. The highest BCUT2D eigenvalue weighted by Crippen LogP contribution is 2.30. The molecule has 14 nitrogen and oxygen atoms in total. The average Bonchev–Trinajstić information content (AvgIpc) is 3.65. The lowest BCUT2D eigenvalue weighted by molar-refractivity contribution is -0.359. The van der Waals surface area contributed by atoms with Gasteiger partial charge in [-0.3, -0.25) is 4.79 Å². The van der Waals surface area contributed by atoms with Crippen molar-refractivity contribution in [3.8, 4) is 0 Å². The van der Waals surface area contributed by atoms with E-state index in [9.17, 15) is 45.6 Å². The minimum Gasteiger partial charge on any atom is -0.394 e. The van der Waals surface area contributed by atoms with Crippen molar-refractivity contribution in [2.75, 3.05) is 19.8 Å². The molecule has 0 radical (unpaired) electrons. The zero-order chi connectivity index (χ0) is 60.2. The van der Waals surface area contributed by atoms with E-state index < -0.39 is 86.8 Å².